The minimum Gasteiger partial charge on any atom is -0.478 e. The van der Waals surface area contributed by atoms with Gasteiger partial charge in [0.2, 0.25) is 5.91 Å². The van der Waals surface area contributed by atoms with E-state index in [2.05, 4.69) is 19.8 Å². The Balaban J connectivity index is 1.44. The van der Waals surface area contributed by atoms with Crippen LogP contribution in [0.1, 0.15) is 55.1 Å². The number of ether oxygens (including phenoxy) is 2. The van der Waals surface area contributed by atoms with Crippen molar-refractivity contribution >= 4 is 17.7 Å². The molecule has 1 aliphatic carbocycles. The van der Waals surface area contributed by atoms with Crippen molar-refractivity contribution in [1.82, 2.24) is 4.98 Å². The number of pyridine rings is 1. The molecular formula is C27H24F2N2O5. The molecule has 1 fully saturated rings. The van der Waals surface area contributed by atoms with E-state index in [1.54, 1.807) is 36.4 Å². The smallest absolute Gasteiger partial charge is 0.478 e. The third kappa shape index (κ3) is 4.14. The van der Waals surface area contributed by atoms with Gasteiger partial charge in [0.25, 0.3) is 0 Å². The molecule has 1 amide bonds. The van der Waals surface area contributed by atoms with Crippen molar-refractivity contribution in [2.45, 2.75) is 50.7 Å². The lowest BCUT2D eigenvalue weighted by atomic mass is 9.79. The maximum absolute atomic E-state index is 13.4. The summed E-state index contributed by atoms with van der Waals surface area (Å²) in [6.07, 6.45) is -2.64. The van der Waals surface area contributed by atoms with E-state index in [0.717, 1.165) is 0 Å². The number of carboxylic acid groups (broad SMARTS) is 1. The number of fused-ring (bicyclic) bond motifs is 1. The van der Waals surface area contributed by atoms with E-state index in [9.17, 15) is 23.5 Å². The van der Waals surface area contributed by atoms with Gasteiger partial charge in [0, 0.05) is 5.56 Å². The lowest BCUT2D eigenvalue weighted by molar-refractivity contribution is -0.286. The van der Waals surface area contributed by atoms with Gasteiger partial charge >= 0.3 is 12.3 Å². The Morgan fingerprint density at radius 3 is 2.36 bits per heavy atom. The quantitative estimate of drug-likeness (QED) is 0.470. The largest absolute Gasteiger partial charge is 0.586 e. The van der Waals surface area contributed by atoms with Crippen LogP contribution in [0.25, 0.3) is 11.3 Å². The van der Waals surface area contributed by atoms with Crippen LogP contribution >= 0.6 is 0 Å². The number of hydrogen-bond donors (Lipinski definition) is 2. The van der Waals surface area contributed by atoms with Crippen molar-refractivity contribution in [1.29, 1.82) is 0 Å². The number of amides is 1. The molecule has 1 saturated carbocycles. The summed E-state index contributed by atoms with van der Waals surface area (Å²) in [6, 6.07) is 14.6. The number of aromatic carboxylic acids is 1. The number of aromatic nitrogens is 1. The Morgan fingerprint density at radius 2 is 1.69 bits per heavy atom. The fourth-order valence-electron chi connectivity index (χ4n) is 4.66. The van der Waals surface area contributed by atoms with Crippen molar-refractivity contribution < 1.29 is 33.0 Å². The molecule has 0 unspecified atom stereocenters. The Hall–Kier alpha value is -4.01. The van der Waals surface area contributed by atoms with Crippen LogP contribution in [-0.4, -0.2) is 28.3 Å². The van der Waals surface area contributed by atoms with Gasteiger partial charge in [-0.1, -0.05) is 45.0 Å². The van der Waals surface area contributed by atoms with Crippen molar-refractivity contribution in [2.24, 2.45) is 0 Å². The molecule has 2 aromatic carbocycles. The Kier molecular flexibility index (Phi) is 5.28. The SMILES string of the molecule is CC(C)(C)c1c(C(=O)O)cccc1-c1cccc(NC(=O)C2(c3ccc4c(c3)OC(F)(F)O4)CC2)n1. The normalized spacial score (nSPS) is 16.9. The molecule has 186 valence electrons. The first kappa shape index (κ1) is 23.7. The zero-order valence-corrected chi connectivity index (χ0v) is 19.9. The second-order valence-electron chi connectivity index (χ2n) is 10.1. The molecule has 2 aliphatic rings. The number of hydrogen-bond acceptors (Lipinski definition) is 5. The maximum atomic E-state index is 13.4. The minimum atomic E-state index is -3.73. The van der Waals surface area contributed by atoms with E-state index < -0.39 is 23.1 Å². The van der Waals surface area contributed by atoms with E-state index >= 15 is 0 Å². The first-order valence-electron chi connectivity index (χ1n) is 11.5. The summed E-state index contributed by atoms with van der Waals surface area (Å²) in [5.74, 6) is -1.22. The predicted molar refractivity (Wildman–Crippen MR) is 128 cm³/mol. The number of benzene rings is 2. The average Bonchev–Trinajstić information content (AvgIpc) is 3.55. The molecule has 1 aliphatic heterocycles. The van der Waals surface area contributed by atoms with Crippen LogP contribution in [-0.2, 0) is 15.6 Å². The highest BCUT2D eigenvalue weighted by atomic mass is 19.3. The molecule has 2 N–H and O–H groups in total. The number of anilines is 1. The Bertz CT molecular complexity index is 1390. The summed E-state index contributed by atoms with van der Waals surface area (Å²) < 4.78 is 35.8. The van der Waals surface area contributed by atoms with Crippen molar-refractivity contribution in [3.63, 3.8) is 0 Å². The molecule has 0 radical (unpaired) electrons. The molecule has 9 heteroatoms. The number of nitrogens with zero attached hydrogens (tertiary/aromatic N) is 1. The standard InChI is InChI=1S/C27H24F2N2O5/c1-25(2,3)22-16(6-4-7-17(22)23(32)33)18-8-5-9-21(30-18)31-24(34)26(12-13-26)15-10-11-19-20(14-15)36-27(28,29)35-19/h4-11,14H,12-13H2,1-3H3,(H,32,33)(H,30,31,34). The predicted octanol–water partition coefficient (Wildman–Crippen LogP) is 5.74. The van der Waals surface area contributed by atoms with Crippen LogP contribution in [0, 0.1) is 0 Å². The van der Waals surface area contributed by atoms with Gasteiger partial charge in [-0.05, 0) is 59.7 Å². The molecule has 3 aromatic rings. The second kappa shape index (κ2) is 8.01. The number of carbonyl (C=O) groups excluding carboxylic acids is 1. The second-order valence-corrected chi connectivity index (χ2v) is 10.1. The number of alkyl halides is 2. The van der Waals surface area contributed by atoms with Gasteiger partial charge in [-0.15, -0.1) is 8.78 Å². The summed E-state index contributed by atoms with van der Waals surface area (Å²) >= 11 is 0. The topological polar surface area (TPSA) is 97.8 Å². The third-order valence-corrected chi connectivity index (χ3v) is 6.45. The summed E-state index contributed by atoms with van der Waals surface area (Å²) in [5.41, 5.74) is 1.23. The summed E-state index contributed by atoms with van der Waals surface area (Å²) in [6.45, 7) is 5.80. The molecule has 0 bridgehead atoms. The van der Waals surface area contributed by atoms with Gasteiger partial charge in [0.15, 0.2) is 11.5 Å². The highest BCUT2D eigenvalue weighted by molar-refractivity contribution is 6.01. The number of carbonyl (C=O) groups is 2. The zero-order valence-electron chi connectivity index (χ0n) is 19.9. The van der Waals surface area contributed by atoms with Crippen molar-refractivity contribution in [2.75, 3.05) is 5.32 Å². The summed E-state index contributed by atoms with van der Waals surface area (Å²) in [4.78, 5) is 29.8. The summed E-state index contributed by atoms with van der Waals surface area (Å²) in [7, 11) is 0. The van der Waals surface area contributed by atoms with E-state index in [4.69, 9.17) is 0 Å². The van der Waals surface area contributed by atoms with E-state index in [0.29, 0.717) is 41.0 Å². The average molecular weight is 494 g/mol. The molecular weight excluding hydrogens is 470 g/mol. The number of carboxylic acids is 1. The van der Waals surface area contributed by atoms with Gasteiger partial charge < -0.3 is 19.9 Å². The Morgan fingerprint density at radius 1 is 1.00 bits per heavy atom. The first-order valence-corrected chi connectivity index (χ1v) is 11.5. The Labute approximate surface area is 206 Å². The van der Waals surface area contributed by atoms with Crippen molar-refractivity contribution in [3.05, 3.63) is 71.3 Å². The van der Waals surface area contributed by atoms with E-state index in [1.165, 1.54) is 12.1 Å². The molecule has 1 aromatic heterocycles. The van der Waals surface area contributed by atoms with Gasteiger partial charge in [0.1, 0.15) is 5.82 Å². The monoisotopic (exact) mass is 494 g/mol. The van der Waals surface area contributed by atoms with Gasteiger partial charge in [-0.25, -0.2) is 9.78 Å². The van der Waals surface area contributed by atoms with E-state index in [1.807, 2.05) is 26.8 Å². The van der Waals surface area contributed by atoms with Gasteiger partial charge in [0.05, 0.1) is 16.7 Å². The molecule has 36 heavy (non-hydrogen) atoms. The third-order valence-electron chi connectivity index (χ3n) is 6.45. The van der Waals surface area contributed by atoms with Gasteiger partial charge in [-0.3, -0.25) is 4.79 Å². The van der Waals surface area contributed by atoms with Gasteiger partial charge in [-0.2, -0.15) is 0 Å². The number of nitrogens with one attached hydrogen (secondary N) is 1. The zero-order chi connectivity index (χ0) is 25.9. The maximum Gasteiger partial charge on any atom is 0.586 e. The number of halogens is 2. The van der Waals surface area contributed by atoms with E-state index in [-0.39, 0.29) is 23.0 Å². The fraction of sp³-hybridized carbons (Fsp3) is 0.296. The van der Waals surface area contributed by atoms with Crippen LogP contribution in [0.3, 0.4) is 0 Å². The fourth-order valence-corrected chi connectivity index (χ4v) is 4.66. The van der Waals surface area contributed by atoms with Crippen LogP contribution < -0.4 is 14.8 Å². The van der Waals surface area contributed by atoms with Crippen LogP contribution in [0.4, 0.5) is 14.6 Å². The lowest BCUT2D eigenvalue weighted by Gasteiger charge is -2.25. The molecule has 7 nitrogen and oxygen atoms in total. The highest BCUT2D eigenvalue weighted by Crippen LogP contribution is 2.52. The molecule has 0 atom stereocenters. The van der Waals surface area contributed by atoms with Crippen LogP contribution in [0.15, 0.2) is 54.6 Å². The number of rotatable bonds is 5. The molecule has 5 rings (SSSR count). The van der Waals surface area contributed by atoms with Crippen molar-refractivity contribution in [3.8, 4) is 22.8 Å². The highest BCUT2D eigenvalue weighted by Gasteiger charge is 2.53. The molecule has 0 saturated heterocycles. The lowest BCUT2D eigenvalue weighted by Crippen LogP contribution is -2.28. The summed E-state index contributed by atoms with van der Waals surface area (Å²) in [5, 5.41) is 12.6. The molecule has 0 spiro atoms. The minimum absolute atomic E-state index is 0.0763. The molecule has 2 heterocycles. The van der Waals surface area contributed by atoms with Crippen LogP contribution in [0.2, 0.25) is 0 Å². The van der Waals surface area contributed by atoms with Crippen LogP contribution in [0.5, 0.6) is 11.5 Å². The first-order chi connectivity index (χ1) is 16.9.